The van der Waals surface area contributed by atoms with Gasteiger partial charge in [-0.2, -0.15) is 0 Å². The average Bonchev–Trinajstić information content (AvgIpc) is 2.38. The van der Waals surface area contributed by atoms with Gasteiger partial charge in [-0.25, -0.2) is 4.39 Å². The van der Waals surface area contributed by atoms with Crippen LogP contribution in [0.4, 0.5) is 10.1 Å². The number of benzene rings is 2. The minimum Gasteiger partial charge on any atom is -0.398 e. The fraction of sp³-hybridized carbons (Fsp3) is 0.133. The SMILES string of the molecule is CC(=O)c1cc(Cl)c(CBr)c(N)c1-c1cccc(F)c1. The summed E-state index contributed by atoms with van der Waals surface area (Å²) in [5, 5.41) is 0.878. The first-order valence-electron chi connectivity index (χ1n) is 5.89. The van der Waals surface area contributed by atoms with E-state index in [2.05, 4.69) is 15.9 Å². The molecule has 0 heterocycles. The van der Waals surface area contributed by atoms with Gasteiger partial charge in [-0.15, -0.1) is 0 Å². The number of Topliss-reactive ketones (excluding diaryl/α,β-unsaturated/α-hetero) is 1. The second-order valence-electron chi connectivity index (χ2n) is 4.37. The fourth-order valence-corrected chi connectivity index (χ4v) is 3.12. The molecule has 0 aromatic heterocycles. The third-order valence-corrected chi connectivity index (χ3v) is 3.95. The molecule has 0 spiro atoms. The van der Waals surface area contributed by atoms with Crippen LogP contribution in [-0.2, 0) is 5.33 Å². The summed E-state index contributed by atoms with van der Waals surface area (Å²) < 4.78 is 13.4. The Hall–Kier alpha value is -1.39. The third kappa shape index (κ3) is 2.72. The second kappa shape index (κ2) is 5.94. The zero-order valence-electron chi connectivity index (χ0n) is 10.7. The summed E-state index contributed by atoms with van der Waals surface area (Å²) in [5.74, 6) is -0.550. The van der Waals surface area contributed by atoms with Gasteiger partial charge in [0.15, 0.2) is 5.78 Å². The summed E-state index contributed by atoms with van der Waals surface area (Å²) in [7, 11) is 0. The Morgan fingerprint density at radius 3 is 2.65 bits per heavy atom. The number of hydrogen-bond donors (Lipinski definition) is 1. The first-order valence-corrected chi connectivity index (χ1v) is 7.39. The molecule has 0 radical (unpaired) electrons. The smallest absolute Gasteiger partial charge is 0.160 e. The van der Waals surface area contributed by atoms with E-state index in [-0.39, 0.29) is 11.6 Å². The number of carbonyl (C=O) groups is 1. The van der Waals surface area contributed by atoms with E-state index >= 15 is 0 Å². The van der Waals surface area contributed by atoms with Crippen LogP contribution in [0.15, 0.2) is 30.3 Å². The van der Waals surface area contributed by atoms with Gasteiger partial charge in [0, 0.05) is 32.7 Å². The number of alkyl halides is 1. The van der Waals surface area contributed by atoms with Crippen LogP contribution in [0.1, 0.15) is 22.8 Å². The van der Waals surface area contributed by atoms with Gasteiger partial charge in [0.2, 0.25) is 0 Å². The molecule has 0 bridgehead atoms. The number of rotatable bonds is 3. The number of nitrogens with two attached hydrogens (primary N) is 1. The van der Waals surface area contributed by atoms with Crippen molar-refractivity contribution in [2.24, 2.45) is 0 Å². The van der Waals surface area contributed by atoms with Gasteiger partial charge < -0.3 is 5.73 Å². The molecule has 0 aliphatic rings. The zero-order chi connectivity index (χ0) is 14.9. The lowest BCUT2D eigenvalue weighted by Crippen LogP contribution is -2.04. The van der Waals surface area contributed by atoms with E-state index in [1.165, 1.54) is 19.1 Å². The van der Waals surface area contributed by atoms with Gasteiger partial charge in [-0.3, -0.25) is 4.79 Å². The third-order valence-electron chi connectivity index (χ3n) is 3.05. The summed E-state index contributed by atoms with van der Waals surface area (Å²) in [5.41, 5.74) is 8.69. The summed E-state index contributed by atoms with van der Waals surface area (Å²) in [6.07, 6.45) is 0. The number of ketones is 1. The average molecular weight is 357 g/mol. The molecule has 104 valence electrons. The molecule has 0 atom stereocenters. The maximum absolute atomic E-state index is 13.4. The van der Waals surface area contributed by atoms with E-state index in [1.54, 1.807) is 18.2 Å². The van der Waals surface area contributed by atoms with Gasteiger partial charge in [0.25, 0.3) is 0 Å². The maximum Gasteiger partial charge on any atom is 0.160 e. The number of anilines is 1. The van der Waals surface area contributed by atoms with Crippen molar-refractivity contribution in [3.05, 3.63) is 52.3 Å². The Morgan fingerprint density at radius 1 is 1.40 bits per heavy atom. The predicted molar refractivity (Wildman–Crippen MR) is 83.9 cm³/mol. The lowest BCUT2D eigenvalue weighted by atomic mass is 9.93. The lowest BCUT2D eigenvalue weighted by molar-refractivity contribution is 0.101. The predicted octanol–water partition coefficient (Wildman–Crippen LogP) is 4.83. The quantitative estimate of drug-likeness (QED) is 0.486. The van der Waals surface area contributed by atoms with Crippen molar-refractivity contribution >= 4 is 39.0 Å². The first-order chi connectivity index (χ1) is 9.45. The summed E-state index contributed by atoms with van der Waals surface area (Å²) in [6.45, 7) is 1.43. The Balaban J connectivity index is 2.82. The Labute approximate surface area is 129 Å². The van der Waals surface area contributed by atoms with Crippen molar-refractivity contribution in [1.82, 2.24) is 0 Å². The van der Waals surface area contributed by atoms with Gasteiger partial charge in [0.05, 0.1) is 0 Å². The first kappa shape index (κ1) is 15.0. The molecular weight excluding hydrogens is 345 g/mol. The lowest BCUT2D eigenvalue weighted by Gasteiger charge is -2.15. The number of nitrogen functional groups attached to an aromatic ring is 1. The topological polar surface area (TPSA) is 43.1 Å². The highest BCUT2D eigenvalue weighted by Gasteiger charge is 2.18. The van der Waals surface area contributed by atoms with Crippen molar-refractivity contribution in [3.63, 3.8) is 0 Å². The van der Waals surface area contributed by atoms with Crippen LogP contribution in [0.25, 0.3) is 11.1 Å². The fourth-order valence-electron chi connectivity index (χ4n) is 2.08. The molecule has 0 unspecified atom stereocenters. The van der Waals surface area contributed by atoms with E-state index in [9.17, 15) is 9.18 Å². The van der Waals surface area contributed by atoms with Crippen molar-refractivity contribution in [1.29, 1.82) is 0 Å². The molecule has 2 nitrogen and oxygen atoms in total. The molecule has 0 amide bonds. The minimum absolute atomic E-state index is 0.168. The standard InChI is InChI=1S/C15H12BrClFNO/c1-8(20)11-6-13(17)12(7-16)15(19)14(11)9-3-2-4-10(18)5-9/h2-6H,7,19H2,1H3. The van der Waals surface area contributed by atoms with E-state index in [4.69, 9.17) is 17.3 Å². The molecule has 0 saturated heterocycles. The van der Waals surface area contributed by atoms with E-state index < -0.39 is 0 Å². The van der Waals surface area contributed by atoms with E-state index in [1.807, 2.05) is 0 Å². The van der Waals surface area contributed by atoms with Gasteiger partial charge >= 0.3 is 0 Å². The molecule has 0 aliphatic heterocycles. The highest BCUT2D eigenvalue weighted by molar-refractivity contribution is 9.08. The monoisotopic (exact) mass is 355 g/mol. The molecule has 0 fully saturated rings. The van der Waals surface area contributed by atoms with E-state index in [0.29, 0.717) is 38.3 Å². The zero-order valence-corrected chi connectivity index (χ0v) is 13.1. The molecule has 2 aromatic rings. The van der Waals surface area contributed by atoms with Crippen molar-refractivity contribution in [3.8, 4) is 11.1 Å². The molecule has 5 heteroatoms. The summed E-state index contributed by atoms with van der Waals surface area (Å²) in [4.78, 5) is 11.8. The van der Waals surface area contributed by atoms with Crippen molar-refractivity contribution in [2.45, 2.75) is 12.3 Å². The van der Waals surface area contributed by atoms with Crippen molar-refractivity contribution in [2.75, 3.05) is 5.73 Å². The number of carbonyl (C=O) groups excluding carboxylic acids is 1. The maximum atomic E-state index is 13.4. The highest BCUT2D eigenvalue weighted by Crippen LogP contribution is 2.38. The Bertz CT molecular complexity index is 688. The Kier molecular flexibility index (Phi) is 4.45. The molecule has 2 N–H and O–H groups in total. The van der Waals surface area contributed by atoms with Crippen molar-refractivity contribution < 1.29 is 9.18 Å². The number of hydrogen-bond acceptors (Lipinski definition) is 2. The van der Waals surface area contributed by atoms with Crippen LogP contribution in [0.2, 0.25) is 5.02 Å². The van der Waals surface area contributed by atoms with E-state index in [0.717, 1.165) is 0 Å². The van der Waals surface area contributed by atoms with Crippen LogP contribution >= 0.6 is 27.5 Å². The summed E-state index contributed by atoms with van der Waals surface area (Å²) >= 11 is 9.45. The van der Waals surface area contributed by atoms with Gasteiger partial charge in [-0.1, -0.05) is 39.7 Å². The largest absolute Gasteiger partial charge is 0.398 e. The van der Waals surface area contributed by atoms with Crippen LogP contribution in [-0.4, -0.2) is 5.78 Å². The highest BCUT2D eigenvalue weighted by atomic mass is 79.9. The number of halogens is 3. The molecule has 0 saturated carbocycles. The van der Waals surface area contributed by atoms with Crippen LogP contribution in [0, 0.1) is 5.82 Å². The normalized spacial score (nSPS) is 10.6. The van der Waals surface area contributed by atoms with Gasteiger partial charge in [-0.05, 0) is 30.7 Å². The Morgan fingerprint density at radius 2 is 2.10 bits per heavy atom. The summed E-state index contributed by atoms with van der Waals surface area (Å²) in [6, 6.07) is 7.57. The van der Waals surface area contributed by atoms with Crippen LogP contribution in [0.5, 0.6) is 0 Å². The minimum atomic E-state index is -0.383. The van der Waals surface area contributed by atoms with Crippen LogP contribution in [0.3, 0.4) is 0 Å². The second-order valence-corrected chi connectivity index (χ2v) is 5.34. The molecular formula is C15H12BrClFNO. The van der Waals surface area contributed by atoms with Crippen LogP contribution < -0.4 is 5.73 Å². The molecule has 2 rings (SSSR count). The molecule has 2 aromatic carbocycles. The van der Waals surface area contributed by atoms with Gasteiger partial charge in [0.1, 0.15) is 5.82 Å². The molecule has 20 heavy (non-hydrogen) atoms. The molecule has 0 aliphatic carbocycles.